The molecule has 0 aliphatic carbocycles. The lowest BCUT2D eigenvalue weighted by Crippen LogP contribution is -2.18. The Labute approximate surface area is 93.7 Å². The second-order valence-electron chi connectivity index (χ2n) is 2.92. The van der Waals surface area contributed by atoms with Crippen molar-refractivity contribution in [2.24, 2.45) is 0 Å². The minimum atomic E-state index is -2.73. The van der Waals surface area contributed by atoms with E-state index in [1.165, 1.54) is 6.92 Å². The van der Waals surface area contributed by atoms with Gasteiger partial charge in [-0.1, -0.05) is 30.3 Å². The topological polar surface area (TPSA) is 75.6 Å². The molecule has 16 heavy (non-hydrogen) atoms. The van der Waals surface area contributed by atoms with E-state index in [2.05, 4.69) is 9.84 Å². The molecule has 84 valence electrons. The van der Waals surface area contributed by atoms with Gasteiger partial charge in [0.2, 0.25) is 5.91 Å². The smallest absolute Gasteiger partial charge is 0.323 e. The van der Waals surface area contributed by atoms with Crippen LogP contribution in [0, 0.1) is 0 Å². The van der Waals surface area contributed by atoms with E-state index in [1.54, 1.807) is 24.3 Å². The minimum absolute atomic E-state index is 0.285. The van der Waals surface area contributed by atoms with Crippen LogP contribution in [0.1, 0.15) is 12.5 Å². The Balaban J connectivity index is 2.91. The van der Waals surface area contributed by atoms with Crippen LogP contribution < -0.4 is 5.32 Å². The maximum atomic E-state index is 10.9. The summed E-state index contributed by atoms with van der Waals surface area (Å²) < 4.78 is 14.8. The van der Waals surface area contributed by atoms with Crippen molar-refractivity contribution in [3.63, 3.8) is 0 Å². The van der Waals surface area contributed by atoms with Gasteiger partial charge in [-0.25, -0.2) is 4.52 Å². The molecule has 0 fully saturated rings. The molecule has 0 aromatic heterocycles. The molecule has 1 amide bonds. The van der Waals surface area contributed by atoms with E-state index in [9.17, 15) is 9.36 Å². The zero-order chi connectivity index (χ0) is 12.0. The molecule has 0 aliphatic rings. The van der Waals surface area contributed by atoms with Crippen LogP contribution in [-0.4, -0.2) is 10.8 Å². The lowest BCUT2D eigenvalue weighted by atomic mass is 10.2. The van der Waals surface area contributed by atoms with Gasteiger partial charge in [-0.3, -0.25) is 4.79 Å². The monoisotopic (exact) mass is 240 g/mol. The van der Waals surface area contributed by atoms with E-state index in [0.29, 0.717) is 11.3 Å². The van der Waals surface area contributed by atoms with E-state index >= 15 is 0 Å². The van der Waals surface area contributed by atoms with Gasteiger partial charge in [0.05, 0.1) is 5.70 Å². The number of nitrogens with one attached hydrogen (secondary N) is 1. The Hall–Kier alpha value is -1.71. The van der Waals surface area contributed by atoms with Crippen molar-refractivity contribution >= 4 is 19.9 Å². The summed E-state index contributed by atoms with van der Waals surface area (Å²) in [7, 11) is -2.73. The van der Waals surface area contributed by atoms with E-state index in [-0.39, 0.29) is 5.91 Å². The first-order chi connectivity index (χ1) is 7.59. The number of hydrogen-bond donors (Lipinski definition) is 2. The molecule has 6 heteroatoms. The predicted octanol–water partition coefficient (Wildman–Crippen LogP) is 1.79. The fourth-order valence-corrected chi connectivity index (χ4v) is 1.27. The number of hydrogen-bond acceptors (Lipinski definition) is 3. The third kappa shape index (κ3) is 4.21. The molecule has 1 unspecified atom stereocenters. The van der Waals surface area contributed by atoms with Gasteiger partial charge in [0, 0.05) is 17.1 Å². The summed E-state index contributed by atoms with van der Waals surface area (Å²) in [6.45, 7) is 1.34. The van der Waals surface area contributed by atoms with E-state index < -0.39 is 8.25 Å². The van der Waals surface area contributed by atoms with Crippen molar-refractivity contribution in [3.05, 3.63) is 42.2 Å². The van der Waals surface area contributed by atoms with Crippen molar-refractivity contribution in [1.29, 1.82) is 0 Å². The maximum Gasteiger partial charge on any atom is 0.746 e. The van der Waals surface area contributed by atoms with Gasteiger partial charge in [0.25, 0.3) is 0 Å². The van der Waals surface area contributed by atoms with Crippen molar-refractivity contribution < 1.29 is 18.8 Å². The summed E-state index contributed by atoms with van der Waals surface area (Å²) in [5, 5.41) is 2.51. The van der Waals surface area contributed by atoms with Crippen molar-refractivity contribution in [1.82, 2.24) is 5.32 Å². The molecule has 0 aliphatic heterocycles. The van der Waals surface area contributed by atoms with Crippen LogP contribution in [0.2, 0.25) is 0 Å². The highest BCUT2D eigenvalue weighted by Crippen LogP contribution is 2.19. The zero-order valence-corrected chi connectivity index (χ0v) is 9.48. The lowest BCUT2D eigenvalue weighted by molar-refractivity contribution is -0.117. The molecule has 0 spiro atoms. The Morgan fingerprint density at radius 1 is 1.44 bits per heavy atom. The molecule has 1 rings (SSSR count). The quantitative estimate of drug-likeness (QED) is 0.621. The summed E-state index contributed by atoms with van der Waals surface area (Å²) in [6.07, 6.45) is 1.05. The normalized spacial score (nSPS) is 11.9. The average molecular weight is 240 g/mol. The van der Waals surface area contributed by atoms with Crippen molar-refractivity contribution in [2.45, 2.75) is 6.92 Å². The molecule has 5 nitrogen and oxygen atoms in total. The number of carbonyl (C=O) groups is 1. The van der Waals surface area contributed by atoms with Crippen LogP contribution >= 0.6 is 8.25 Å². The molecule has 0 bridgehead atoms. The van der Waals surface area contributed by atoms with Gasteiger partial charge in [-0.2, -0.15) is 0 Å². The summed E-state index contributed by atoms with van der Waals surface area (Å²) >= 11 is 0. The van der Waals surface area contributed by atoms with E-state index in [1.807, 2.05) is 6.07 Å². The standard InChI is InChI=1S/C10H10NO4P/c1-8(12)11-10(7-15-16(13)14)9-5-3-2-4-6-9/h2-7H,1H3,(H-,11,12,13,14)/p+1/b10-7-. The Kier molecular flexibility index (Phi) is 4.64. The summed E-state index contributed by atoms with van der Waals surface area (Å²) in [5.41, 5.74) is 1.03. The molecular weight excluding hydrogens is 229 g/mol. The van der Waals surface area contributed by atoms with E-state index in [0.717, 1.165) is 6.26 Å². The highest BCUT2D eigenvalue weighted by Gasteiger charge is 2.12. The summed E-state index contributed by atoms with van der Waals surface area (Å²) in [6, 6.07) is 8.88. The van der Waals surface area contributed by atoms with Gasteiger partial charge < -0.3 is 5.32 Å². The van der Waals surface area contributed by atoms with Gasteiger partial charge in [0.1, 0.15) is 0 Å². The van der Waals surface area contributed by atoms with Crippen LogP contribution in [0.3, 0.4) is 0 Å². The molecule has 0 radical (unpaired) electrons. The molecule has 0 saturated carbocycles. The second-order valence-corrected chi connectivity index (χ2v) is 3.61. The molecule has 1 aromatic rings. The first-order valence-corrected chi connectivity index (χ1v) is 5.58. The fourth-order valence-electron chi connectivity index (χ4n) is 1.07. The van der Waals surface area contributed by atoms with Crippen LogP contribution in [0.5, 0.6) is 0 Å². The fraction of sp³-hybridized carbons (Fsp3) is 0.100. The van der Waals surface area contributed by atoms with Crippen LogP contribution in [-0.2, 0) is 13.9 Å². The molecule has 0 heterocycles. The molecule has 1 aromatic carbocycles. The first-order valence-electron chi connectivity index (χ1n) is 4.45. The number of rotatable bonds is 4. The van der Waals surface area contributed by atoms with E-state index in [4.69, 9.17) is 4.89 Å². The SMILES string of the molecule is CC(=O)N/C(=C\O[P+](=O)O)c1ccccc1. The Bertz CT molecular complexity index is 416. The molecule has 2 N–H and O–H groups in total. The van der Waals surface area contributed by atoms with Gasteiger partial charge in [0.15, 0.2) is 6.26 Å². The molecule has 1 atom stereocenters. The van der Waals surface area contributed by atoms with Crippen LogP contribution in [0.25, 0.3) is 5.70 Å². The van der Waals surface area contributed by atoms with Gasteiger partial charge >= 0.3 is 8.25 Å². The van der Waals surface area contributed by atoms with Crippen molar-refractivity contribution in [3.8, 4) is 0 Å². The second kappa shape index (κ2) is 6.00. The summed E-state index contributed by atoms with van der Waals surface area (Å²) in [5.74, 6) is -0.285. The third-order valence-corrected chi connectivity index (χ3v) is 1.94. The highest BCUT2D eigenvalue weighted by molar-refractivity contribution is 7.32. The number of benzene rings is 1. The highest BCUT2D eigenvalue weighted by atomic mass is 31.1. The Morgan fingerprint density at radius 2 is 2.06 bits per heavy atom. The predicted molar refractivity (Wildman–Crippen MR) is 59.1 cm³/mol. The third-order valence-electron chi connectivity index (χ3n) is 1.66. The maximum absolute atomic E-state index is 10.9. The molecular formula is C10H11NO4P+. The first kappa shape index (κ1) is 12.4. The average Bonchev–Trinajstić information content (AvgIpc) is 2.25. The minimum Gasteiger partial charge on any atom is -0.323 e. The van der Waals surface area contributed by atoms with Gasteiger partial charge in [-0.15, -0.1) is 4.89 Å². The number of amides is 1. The Morgan fingerprint density at radius 3 is 2.56 bits per heavy atom. The van der Waals surface area contributed by atoms with Crippen LogP contribution in [0.4, 0.5) is 0 Å². The molecule has 0 saturated heterocycles. The lowest BCUT2D eigenvalue weighted by Gasteiger charge is -2.05. The number of carbonyl (C=O) groups excluding carboxylic acids is 1. The largest absolute Gasteiger partial charge is 0.746 e. The summed E-state index contributed by atoms with van der Waals surface area (Å²) in [4.78, 5) is 19.4. The van der Waals surface area contributed by atoms with Gasteiger partial charge in [-0.05, 0) is 0 Å². The van der Waals surface area contributed by atoms with Crippen molar-refractivity contribution in [2.75, 3.05) is 0 Å². The zero-order valence-electron chi connectivity index (χ0n) is 8.58. The van der Waals surface area contributed by atoms with Crippen LogP contribution in [0.15, 0.2) is 36.6 Å².